The van der Waals surface area contributed by atoms with Gasteiger partial charge in [0.2, 0.25) is 0 Å². The van der Waals surface area contributed by atoms with E-state index in [0.29, 0.717) is 0 Å². The van der Waals surface area contributed by atoms with Gasteiger partial charge < -0.3 is 9.88 Å². The Kier molecular flexibility index (Phi) is 3.30. The SMILES string of the molecule is CCn1cc(C)c2c(CCNC)cccc21. The molecule has 0 bridgehead atoms. The van der Waals surface area contributed by atoms with Crippen LogP contribution in [0.2, 0.25) is 0 Å². The zero-order chi connectivity index (χ0) is 11.5. The van der Waals surface area contributed by atoms with Gasteiger partial charge in [-0.3, -0.25) is 0 Å². The lowest BCUT2D eigenvalue weighted by atomic mass is 10.0. The molecule has 0 radical (unpaired) electrons. The fourth-order valence-electron chi connectivity index (χ4n) is 2.38. The molecule has 0 fully saturated rings. The minimum absolute atomic E-state index is 1.04. The second-order valence-corrected chi connectivity index (χ2v) is 4.26. The largest absolute Gasteiger partial charge is 0.347 e. The van der Waals surface area contributed by atoms with Crippen molar-refractivity contribution in [3.63, 3.8) is 0 Å². The predicted octanol–water partition coefficient (Wildman–Crippen LogP) is 2.73. The topological polar surface area (TPSA) is 17.0 Å². The van der Waals surface area contributed by atoms with E-state index >= 15 is 0 Å². The molecule has 1 N–H and O–H groups in total. The van der Waals surface area contributed by atoms with E-state index in [1.165, 1.54) is 22.0 Å². The fraction of sp³-hybridized carbons (Fsp3) is 0.429. The molecule has 0 aliphatic rings. The molecule has 0 spiro atoms. The summed E-state index contributed by atoms with van der Waals surface area (Å²) in [4.78, 5) is 0. The smallest absolute Gasteiger partial charge is 0.0485 e. The number of hydrogen-bond donors (Lipinski definition) is 1. The molecule has 2 nitrogen and oxygen atoms in total. The summed E-state index contributed by atoms with van der Waals surface area (Å²) in [6.45, 7) is 6.48. The third-order valence-corrected chi connectivity index (χ3v) is 3.17. The first-order valence-electron chi connectivity index (χ1n) is 5.99. The van der Waals surface area contributed by atoms with E-state index in [2.05, 4.69) is 48.1 Å². The summed E-state index contributed by atoms with van der Waals surface area (Å²) in [6, 6.07) is 6.63. The molecule has 0 atom stereocenters. The van der Waals surface area contributed by atoms with E-state index < -0.39 is 0 Å². The van der Waals surface area contributed by atoms with Crippen LogP contribution in [0.5, 0.6) is 0 Å². The molecule has 1 heterocycles. The molecule has 16 heavy (non-hydrogen) atoms. The number of aryl methyl sites for hydroxylation is 2. The maximum absolute atomic E-state index is 3.21. The Hall–Kier alpha value is -1.28. The summed E-state index contributed by atoms with van der Waals surface area (Å²) < 4.78 is 2.33. The van der Waals surface area contributed by atoms with Crippen LogP contribution < -0.4 is 5.32 Å². The van der Waals surface area contributed by atoms with E-state index in [0.717, 1.165) is 19.5 Å². The molecular formula is C14H20N2. The van der Waals surface area contributed by atoms with E-state index in [4.69, 9.17) is 0 Å². The van der Waals surface area contributed by atoms with Gasteiger partial charge in [-0.25, -0.2) is 0 Å². The Morgan fingerprint density at radius 1 is 1.31 bits per heavy atom. The van der Waals surface area contributed by atoms with Crippen molar-refractivity contribution in [1.29, 1.82) is 0 Å². The average molecular weight is 216 g/mol. The first kappa shape index (κ1) is 11.2. The molecule has 1 aromatic heterocycles. The summed E-state index contributed by atoms with van der Waals surface area (Å²) in [7, 11) is 2.00. The van der Waals surface area contributed by atoms with Crippen molar-refractivity contribution in [3.8, 4) is 0 Å². The number of hydrogen-bond acceptors (Lipinski definition) is 1. The van der Waals surface area contributed by atoms with Gasteiger partial charge in [0.15, 0.2) is 0 Å². The molecule has 1 aromatic carbocycles. The summed E-state index contributed by atoms with van der Waals surface area (Å²) in [6.07, 6.45) is 3.36. The van der Waals surface area contributed by atoms with Gasteiger partial charge in [0, 0.05) is 23.6 Å². The maximum Gasteiger partial charge on any atom is 0.0485 e. The van der Waals surface area contributed by atoms with Gasteiger partial charge in [-0.1, -0.05) is 12.1 Å². The molecule has 2 rings (SSSR count). The second kappa shape index (κ2) is 4.71. The third-order valence-electron chi connectivity index (χ3n) is 3.17. The monoisotopic (exact) mass is 216 g/mol. The van der Waals surface area contributed by atoms with Crippen LogP contribution in [0.1, 0.15) is 18.1 Å². The van der Waals surface area contributed by atoms with Crippen molar-refractivity contribution in [2.75, 3.05) is 13.6 Å². The average Bonchev–Trinajstić information content (AvgIpc) is 2.64. The summed E-state index contributed by atoms with van der Waals surface area (Å²) in [5.41, 5.74) is 4.22. The lowest BCUT2D eigenvalue weighted by molar-refractivity contribution is 0.791. The second-order valence-electron chi connectivity index (χ2n) is 4.26. The molecule has 86 valence electrons. The summed E-state index contributed by atoms with van der Waals surface area (Å²) in [5.74, 6) is 0. The van der Waals surface area contributed by atoms with Crippen molar-refractivity contribution in [3.05, 3.63) is 35.5 Å². The number of nitrogens with one attached hydrogen (secondary N) is 1. The Bertz CT molecular complexity index is 483. The Morgan fingerprint density at radius 2 is 2.12 bits per heavy atom. The van der Waals surface area contributed by atoms with Crippen molar-refractivity contribution in [2.45, 2.75) is 26.8 Å². The Balaban J connectivity index is 2.53. The molecule has 0 aliphatic carbocycles. The number of likely N-dealkylation sites (N-methyl/N-ethyl adjacent to an activating group) is 1. The van der Waals surface area contributed by atoms with Crippen LogP contribution in [0.3, 0.4) is 0 Å². The number of benzene rings is 1. The third kappa shape index (κ3) is 1.85. The summed E-state index contributed by atoms with van der Waals surface area (Å²) in [5, 5.41) is 4.66. The van der Waals surface area contributed by atoms with Crippen LogP contribution in [0, 0.1) is 6.92 Å². The fourth-order valence-corrected chi connectivity index (χ4v) is 2.38. The van der Waals surface area contributed by atoms with Gasteiger partial charge in [0.05, 0.1) is 0 Å². The molecule has 0 aliphatic heterocycles. The summed E-state index contributed by atoms with van der Waals surface area (Å²) >= 11 is 0. The Morgan fingerprint density at radius 3 is 2.81 bits per heavy atom. The molecule has 2 aromatic rings. The van der Waals surface area contributed by atoms with Gasteiger partial charge in [-0.15, -0.1) is 0 Å². The first-order chi connectivity index (χ1) is 7.77. The van der Waals surface area contributed by atoms with Crippen LogP contribution in [-0.2, 0) is 13.0 Å². The minimum atomic E-state index is 1.04. The minimum Gasteiger partial charge on any atom is -0.347 e. The van der Waals surface area contributed by atoms with Crippen LogP contribution in [0.25, 0.3) is 10.9 Å². The molecule has 0 amide bonds. The lowest BCUT2D eigenvalue weighted by Gasteiger charge is -2.05. The molecule has 0 saturated carbocycles. The van der Waals surface area contributed by atoms with Gasteiger partial charge in [0.25, 0.3) is 0 Å². The predicted molar refractivity (Wildman–Crippen MR) is 70.0 cm³/mol. The van der Waals surface area contributed by atoms with Crippen molar-refractivity contribution in [1.82, 2.24) is 9.88 Å². The van der Waals surface area contributed by atoms with Gasteiger partial charge in [0.1, 0.15) is 0 Å². The number of fused-ring (bicyclic) bond motifs is 1. The maximum atomic E-state index is 3.21. The number of rotatable bonds is 4. The van der Waals surface area contributed by atoms with Crippen LogP contribution >= 0.6 is 0 Å². The van der Waals surface area contributed by atoms with E-state index in [9.17, 15) is 0 Å². The van der Waals surface area contributed by atoms with E-state index in [-0.39, 0.29) is 0 Å². The number of aromatic nitrogens is 1. The zero-order valence-corrected chi connectivity index (χ0v) is 10.4. The van der Waals surface area contributed by atoms with Gasteiger partial charge in [-0.05, 0) is 51.1 Å². The quantitative estimate of drug-likeness (QED) is 0.831. The van der Waals surface area contributed by atoms with E-state index in [1.807, 2.05) is 7.05 Å². The standard InChI is InChI=1S/C14H20N2/c1-4-16-10-11(2)14-12(8-9-15-3)6-5-7-13(14)16/h5-7,10,15H,4,8-9H2,1-3H3. The molecular weight excluding hydrogens is 196 g/mol. The van der Waals surface area contributed by atoms with Crippen molar-refractivity contribution in [2.24, 2.45) is 0 Å². The number of nitrogens with zero attached hydrogens (tertiary/aromatic N) is 1. The van der Waals surface area contributed by atoms with E-state index in [1.54, 1.807) is 0 Å². The lowest BCUT2D eigenvalue weighted by Crippen LogP contribution is -2.10. The molecule has 2 heteroatoms. The van der Waals surface area contributed by atoms with Crippen LogP contribution in [0.4, 0.5) is 0 Å². The normalized spacial score (nSPS) is 11.2. The first-order valence-corrected chi connectivity index (χ1v) is 5.99. The Labute approximate surface area is 97.3 Å². The van der Waals surface area contributed by atoms with Gasteiger partial charge >= 0.3 is 0 Å². The highest BCUT2D eigenvalue weighted by Gasteiger charge is 2.07. The van der Waals surface area contributed by atoms with Crippen molar-refractivity contribution >= 4 is 10.9 Å². The molecule has 0 unspecified atom stereocenters. The highest BCUT2D eigenvalue weighted by molar-refractivity contribution is 5.87. The highest BCUT2D eigenvalue weighted by Crippen LogP contribution is 2.24. The van der Waals surface area contributed by atoms with Crippen molar-refractivity contribution < 1.29 is 0 Å². The molecule has 0 saturated heterocycles. The zero-order valence-electron chi connectivity index (χ0n) is 10.4. The van der Waals surface area contributed by atoms with Gasteiger partial charge in [-0.2, -0.15) is 0 Å². The van der Waals surface area contributed by atoms with Crippen LogP contribution in [-0.4, -0.2) is 18.2 Å². The van der Waals surface area contributed by atoms with Crippen LogP contribution in [0.15, 0.2) is 24.4 Å². The highest BCUT2D eigenvalue weighted by atomic mass is 14.9.